The van der Waals surface area contributed by atoms with Gasteiger partial charge in [0, 0.05) is 12.6 Å². The molecule has 4 heteroatoms. The topological polar surface area (TPSA) is 46.6 Å². The summed E-state index contributed by atoms with van der Waals surface area (Å²) < 4.78 is 4.42. The highest BCUT2D eigenvalue weighted by molar-refractivity contribution is 6.32. The predicted octanol–water partition coefficient (Wildman–Crippen LogP) is 0.950. The summed E-state index contributed by atoms with van der Waals surface area (Å²) in [5, 5.41) is 0. The van der Waals surface area contributed by atoms with E-state index >= 15 is 0 Å². The number of carbonyl (C=O) groups excluding carboxylic acids is 2. The molecule has 0 unspecified atom stereocenters. The van der Waals surface area contributed by atoms with Gasteiger partial charge >= 0.3 is 11.9 Å². The number of esters is 1. The number of likely N-dealkylation sites (N-methyl/N-ethyl adjacent to an activating group) is 1. The molecule has 80 valence electrons. The van der Waals surface area contributed by atoms with Crippen LogP contribution in [0.3, 0.4) is 0 Å². The Morgan fingerprint density at radius 3 is 2.36 bits per heavy atom. The summed E-state index contributed by atoms with van der Waals surface area (Å²) in [6.45, 7) is 2.47. The molecule has 0 spiro atoms. The number of ether oxygens (including phenoxy) is 1. The summed E-state index contributed by atoms with van der Waals surface area (Å²) in [6.07, 6.45) is 4.32. The molecule has 14 heavy (non-hydrogen) atoms. The Balaban J connectivity index is 2.60. The first kappa shape index (κ1) is 11.0. The van der Waals surface area contributed by atoms with Gasteiger partial charge < -0.3 is 9.64 Å². The monoisotopic (exact) mass is 199 g/mol. The summed E-state index contributed by atoms with van der Waals surface area (Å²) in [5.74, 6) is -1.25. The second-order valence-electron chi connectivity index (χ2n) is 3.52. The molecule has 0 aromatic rings. The highest BCUT2D eigenvalue weighted by Gasteiger charge is 2.29. The quantitative estimate of drug-likeness (QED) is 0.491. The standard InChI is InChI=1S/C10H17NO3/c1-3-11(8-6-4-5-7-8)9(12)10(13)14-2/h8H,3-7H2,1-2H3. The van der Waals surface area contributed by atoms with Crippen molar-refractivity contribution in [3.63, 3.8) is 0 Å². The summed E-state index contributed by atoms with van der Waals surface area (Å²) in [4.78, 5) is 24.2. The third-order valence-electron chi connectivity index (χ3n) is 2.73. The smallest absolute Gasteiger partial charge is 0.396 e. The first-order valence-electron chi connectivity index (χ1n) is 5.09. The molecule has 1 aliphatic carbocycles. The van der Waals surface area contributed by atoms with Gasteiger partial charge in [0.1, 0.15) is 0 Å². The van der Waals surface area contributed by atoms with E-state index < -0.39 is 11.9 Å². The number of amides is 1. The molecule has 0 heterocycles. The van der Waals surface area contributed by atoms with Gasteiger partial charge in [0.25, 0.3) is 0 Å². The maximum Gasteiger partial charge on any atom is 0.396 e. The third-order valence-corrected chi connectivity index (χ3v) is 2.73. The Hall–Kier alpha value is -1.06. The molecule has 1 fully saturated rings. The minimum atomic E-state index is -0.751. The first-order chi connectivity index (χ1) is 6.70. The average molecular weight is 199 g/mol. The van der Waals surface area contributed by atoms with Gasteiger partial charge in [-0.2, -0.15) is 0 Å². The number of carbonyl (C=O) groups is 2. The molecule has 1 aliphatic rings. The lowest BCUT2D eigenvalue weighted by Crippen LogP contribution is -2.43. The molecule has 0 aliphatic heterocycles. The van der Waals surface area contributed by atoms with Crippen LogP contribution in [0.1, 0.15) is 32.6 Å². The van der Waals surface area contributed by atoms with E-state index in [-0.39, 0.29) is 6.04 Å². The van der Waals surface area contributed by atoms with E-state index in [2.05, 4.69) is 4.74 Å². The lowest BCUT2D eigenvalue weighted by molar-refractivity contribution is -0.159. The van der Waals surface area contributed by atoms with Crippen molar-refractivity contribution in [1.82, 2.24) is 4.90 Å². The van der Waals surface area contributed by atoms with Gasteiger partial charge in [-0.05, 0) is 19.8 Å². The Labute approximate surface area is 84.2 Å². The Morgan fingerprint density at radius 1 is 1.36 bits per heavy atom. The molecule has 1 amide bonds. The van der Waals surface area contributed by atoms with Crippen molar-refractivity contribution in [2.45, 2.75) is 38.6 Å². The molecule has 0 aromatic heterocycles. The minimum Gasteiger partial charge on any atom is -0.462 e. The van der Waals surface area contributed by atoms with Crippen LogP contribution in [0.4, 0.5) is 0 Å². The van der Waals surface area contributed by atoms with Crippen LogP contribution in [0.5, 0.6) is 0 Å². The van der Waals surface area contributed by atoms with E-state index in [0.29, 0.717) is 6.54 Å². The highest BCUT2D eigenvalue weighted by Crippen LogP contribution is 2.23. The molecule has 0 atom stereocenters. The van der Waals surface area contributed by atoms with E-state index in [1.807, 2.05) is 6.92 Å². The molecule has 1 rings (SSSR count). The van der Waals surface area contributed by atoms with Crippen LogP contribution in [0, 0.1) is 0 Å². The van der Waals surface area contributed by atoms with E-state index in [4.69, 9.17) is 0 Å². The normalized spacial score (nSPS) is 16.7. The third kappa shape index (κ3) is 2.25. The highest BCUT2D eigenvalue weighted by atomic mass is 16.5. The van der Waals surface area contributed by atoms with Gasteiger partial charge in [-0.3, -0.25) is 4.79 Å². The van der Waals surface area contributed by atoms with Crippen molar-refractivity contribution in [3.05, 3.63) is 0 Å². The lowest BCUT2D eigenvalue weighted by Gasteiger charge is -2.26. The van der Waals surface area contributed by atoms with Crippen molar-refractivity contribution in [3.8, 4) is 0 Å². The zero-order valence-electron chi connectivity index (χ0n) is 8.78. The fraction of sp³-hybridized carbons (Fsp3) is 0.800. The summed E-state index contributed by atoms with van der Waals surface area (Å²) in [5.41, 5.74) is 0. The van der Waals surface area contributed by atoms with E-state index in [1.165, 1.54) is 7.11 Å². The summed E-state index contributed by atoms with van der Waals surface area (Å²) >= 11 is 0. The maximum absolute atomic E-state index is 11.5. The van der Waals surface area contributed by atoms with Crippen LogP contribution in [0.2, 0.25) is 0 Å². The van der Waals surface area contributed by atoms with Gasteiger partial charge in [0.15, 0.2) is 0 Å². The lowest BCUT2D eigenvalue weighted by atomic mass is 10.2. The largest absolute Gasteiger partial charge is 0.462 e. The number of hydrogen-bond acceptors (Lipinski definition) is 3. The molecular formula is C10H17NO3. The van der Waals surface area contributed by atoms with Crippen molar-refractivity contribution >= 4 is 11.9 Å². The molecule has 0 bridgehead atoms. The predicted molar refractivity (Wildman–Crippen MR) is 51.7 cm³/mol. The zero-order chi connectivity index (χ0) is 10.6. The summed E-state index contributed by atoms with van der Waals surface area (Å²) in [6, 6.07) is 0.242. The maximum atomic E-state index is 11.5. The van der Waals surface area contributed by atoms with E-state index in [1.54, 1.807) is 4.90 Å². The van der Waals surface area contributed by atoms with E-state index in [0.717, 1.165) is 25.7 Å². The Kier molecular flexibility index (Phi) is 3.92. The molecule has 0 N–H and O–H groups in total. The Bertz CT molecular complexity index is 221. The molecule has 0 saturated heterocycles. The molecule has 0 radical (unpaired) electrons. The fourth-order valence-corrected chi connectivity index (χ4v) is 1.99. The van der Waals surface area contributed by atoms with Crippen LogP contribution in [0.15, 0.2) is 0 Å². The summed E-state index contributed by atoms with van der Waals surface area (Å²) in [7, 11) is 1.24. The van der Waals surface area contributed by atoms with Gasteiger partial charge in [-0.25, -0.2) is 4.79 Å². The average Bonchev–Trinajstić information content (AvgIpc) is 2.71. The van der Waals surface area contributed by atoms with Crippen molar-refractivity contribution in [1.29, 1.82) is 0 Å². The van der Waals surface area contributed by atoms with Gasteiger partial charge in [-0.15, -0.1) is 0 Å². The fourth-order valence-electron chi connectivity index (χ4n) is 1.99. The Morgan fingerprint density at radius 2 is 1.93 bits per heavy atom. The number of rotatable bonds is 2. The van der Waals surface area contributed by atoms with Crippen LogP contribution in [-0.2, 0) is 14.3 Å². The molecular weight excluding hydrogens is 182 g/mol. The van der Waals surface area contributed by atoms with Crippen molar-refractivity contribution in [2.75, 3.05) is 13.7 Å². The first-order valence-corrected chi connectivity index (χ1v) is 5.09. The van der Waals surface area contributed by atoms with Gasteiger partial charge in [0.2, 0.25) is 0 Å². The number of nitrogens with zero attached hydrogens (tertiary/aromatic N) is 1. The molecule has 4 nitrogen and oxygen atoms in total. The molecule has 0 aromatic carbocycles. The van der Waals surface area contributed by atoms with Crippen LogP contribution in [0.25, 0.3) is 0 Å². The van der Waals surface area contributed by atoms with E-state index in [9.17, 15) is 9.59 Å². The van der Waals surface area contributed by atoms with Gasteiger partial charge in [-0.1, -0.05) is 12.8 Å². The van der Waals surface area contributed by atoms with Crippen LogP contribution < -0.4 is 0 Å². The number of methoxy groups -OCH3 is 1. The zero-order valence-corrected chi connectivity index (χ0v) is 8.78. The van der Waals surface area contributed by atoms with Crippen LogP contribution >= 0.6 is 0 Å². The number of hydrogen-bond donors (Lipinski definition) is 0. The SMILES string of the molecule is CCN(C(=O)C(=O)OC)C1CCCC1. The second-order valence-corrected chi connectivity index (χ2v) is 3.52. The van der Waals surface area contributed by atoms with Crippen molar-refractivity contribution < 1.29 is 14.3 Å². The minimum absolute atomic E-state index is 0.242. The van der Waals surface area contributed by atoms with Crippen molar-refractivity contribution in [2.24, 2.45) is 0 Å². The van der Waals surface area contributed by atoms with Crippen LogP contribution in [-0.4, -0.2) is 36.5 Å². The second kappa shape index (κ2) is 4.98. The van der Waals surface area contributed by atoms with Gasteiger partial charge in [0.05, 0.1) is 7.11 Å². The molecule has 1 saturated carbocycles.